The van der Waals surface area contributed by atoms with E-state index >= 15 is 0 Å². The van der Waals surface area contributed by atoms with Gasteiger partial charge in [0.15, 0.2) is 0 Å². The first-order valence-corrected chi connectivity index (χ1v) is 6.22. The van der Waals surface area contributed by atoms with Gasteiger partial charge in [-0.1, -0.05) is 25.5 Å². The van der Waals surface area contributed by atoms with E-state index < -0.39 is 11.9 Å². The van der Waals surface area contributed by atoms with Gasteiger partial charge in [-0.15, -0.1) is 0 Å². The SMILES string of the molecule is CCCCOC(=O)CCC(O)c1cccc(F)c1. The number of rotatable bonds is 7. The molecule has 0 saturated heterocycles. The van der Waals surface area contributed by atoms with Crippen LogP contribution in [-0.4, -0.2) is 17.7 Å². The summed E-state index contributed by atoms with van der Waals surface area (Å²) < 4.78 is 17.9. The number of aliphatic hydroxyl groups is 1. The highest BCUT2D eigenvalue weighted by atomic mass is 19.1. The monoisotopic (exact) mass is 254 g/mol. The average Bonchev–Trinajstić information content (AvgIpc) is 2.36. The van der Waals surface area contributed by atoms with Gasteiger partial charge in [0.1, 0.15) is 5.82 Å². The van der Waals surface area contributed by atoms with Crippen LogP contribution in [0.15, 0.2) is 24.3 Å². The number of aliphatic hydroxyl groups excluding tert-OH is 1. The standard InChI is InChI=1S/C14H19FO3/c1-2-3-9-18-14(17)8-7-13(16)11-5-4-6-12(15)10-11/h4-6,10,13,16H,2-3,7-9H2,1H3. The van der Waals surface area contributed by atoms with Gasteiger partial charge in [-0.25, -0.2) is 4.39 Å². The highest BCUT2D eigenvalue weighted by molar-refractivity contribution is 5.69. The number of esters is 1. The zero-order valence-corrected chi connectivity index (χ0v) is 10.6. The number of halogens is 1. The van der Waals surface area contributed by atoms with Crippen molar-refractivity contribution in [2.75, 3.05) is 6.61 Å². The van der Waals surface area contributed by atoms with Crippen molar-refractivity contribution in [3.8, 4) is 0 Å². The molecule has 1 atom stereocenters. The molecule has 0 amide bonds. The molecule has 0 bridgehead atoms. The zero-order chi connectivity index (χ0) is 13.4. The number of unbranched alkanes of at least 4 members (excludes halogenated alkanes) is 1. The van der Waals surface area contributed by atoms with Gasteiger partial charge in [-0.3, -0.25) is 4.79 Å². The molecule has 4 heteroatoms. The summed E-state index contributed by atoms with van der Waals surface area (Å²) in [6.45, 7) is 2.44. The fourth-order valence-electron chi connectivity index (χ4n) is 1.54. The summed E-state index contributed by atoms with van der Waals surface area (Å²) in [5.74, 6) is -0.712. The predicted molar refractivity (Wildman–Crippen MR) is 66.5 cm³/mol. The molecule has 100 valence electrons. The van der Waals surface area contributed by atoms with E-state index in [1.165, 1.54) is 18.2 Å². The second kappa shape index (κ2) is 7.82. The molecule has 0 aromatic heterocycles. The van der Waals surface area contributed by atoms with Crippen molar-refractivity contribution in [1.29, 1.82) is 0 Å². The van der Waals surface area contributed by atoms with E-state index in [9.17, 15) is 14.3 Å². The van der Waals surface area contributed by atoms with Gasteiger partial charge < -0.3 is 9.84 Å². The average molecular weight is 254 g/mol. The van der Waals surface area contributed by atoms with Crippen molar-refractivity contribution >= 4 is 5.97 Å². The maximum absolute atomic E-state index is 12.9. The first kappa shape index (κ1) is 14.6. The Labute approximate surface area is 107 Å². The Balaban J connectivity index is 2.32. The zero-order valence-electron chi connectivity index (χ0n) is 10.6. The maximum atomic E-state index is 12.9. The summed E-state index contributed by atoms with van der Waals surface area (Å²) in [4.78, 5) is 11.3. The van der Waals surface area contributed by atoms with Crippen molar-refractivity contribution < 1.29 is 19.0 Å². The van der Waals surface area contributed by atoms with E-state index in [0.29, 0.717) is 12.2 Å². The fourth-order valence-corrected chi connectivity index (χ4v) is 1.54. The Bertz CT molecular complexity index is 379. The van der Waals surface area contributed by atoms with Crippen LogP contribution >= 0.6 is 0 Å². The maximum Gasteiger partial charge on any atom is 0.305 e. The molecule has 0 fully saturated rings. The van der Waals surface area contributed by atoms with Gasteiger partial charge in [0.2, 0.25) is 0 Å². The third kappa shape index (κ3) is 5.27. The smallest absolute Gasteiger partial charge is 0.305 e. The minimum Gasteiger partial charge on any atom is -0.466 e. The lowest BCUT2D eigenvalue weighted by atomic mass is 10.1. The molecule has 0 aliphatic rings. The number of hydrogen-bond donors (Lipinski definition) is 1. The Morgan fingerprint density at radius 3 is 2.94 bits per heavy atom. The number of carbonyl (C=O) groups excluding carboxylic acids is 1. The predicted octanol–water partition coefficient (Wildman–Crippen LogP) is 2.98. The van der Waals surface area contributed by atoms with Crippen molar-refractivity contribution in [1.82, 2.24) is 0 Å². The molecule has 0 radical (unpaired) electrons. The van der Waals surface area contributed by atoms with E-state index in [4.69, 9.17) is 4.74 Å². The molecule has 1 N–H and O–H groups in total. The molecule has 1 rings (SSSR count). The molecule has 1 aromatic rings. The number of benzene rings is 1. The van der Waals surface area contributed by atoms with Crippen LogP contribution in [0.3, 0.4) is 0 Å². The van der Waals surface area contributed by atoms with E-state index in [1.54, 1.807) is 6.07 Å². The van der Waals surface area contributed by atoms with Gasteiger partial charge in [-0.2, -0.15) is 0 Å². The Hall–Kier alpha value is -1.42. The van der Waals surface area contributed by atoms with Crippen LogP contribution in [0.5, 0.6) is 0 Å². The van der Waals surface area contributed by atoms with Crippen molar-refractivity contribution in [3.05, 3.63) is 35.6 Å². The number of carbonyl (C=O) groups is 1. The molecule has 0 heterocycles. The van der Waals surface area contributed by atoms with E-state index in [0.717, 1.165) is 12.8 Å². The number of hydrogen-bond acceptors (Lipinski definition) is 3. The summed E-state index contributed by atoms with van der Waals surface area (Å²) in [5, 5.41) is 9.79. The topological polar surface area (TPSA) is 46.5 Å². The van der Waals surface area contributed by atoms with Crippen LogP contribution in [-0.2, 0) is 9.53 Å². The number of ether oxygens (including phenoxy) is 1. The van der Waals surface area contributed by atoms with Gasteiger partial charge in [0.25, 0.3) is 0 Å². The van der Waals surface area contributed by atoms with Crippen LogP contribution in [0, 0.1) is 5.82 Å². The van der Waals surface area contributed by atoms with Crippen LogP contribution in [0.25, 0.3) is 0 Å². The van der Waals surface area contributed by atoms with Crippen LogP contribution in [0.4, 0.5) is 4.39 Å². The van der Waals surface area contributed by atoms with Crippen molar-refractivity contribution in [2.45, 2.75) is 38.7 Å². The lowest BCUT2D eigenvalue weighted by molar-refractivity contribution is -0.144. The molecule has 0 saturated carbocycles. The van der Waals surface area contributed by atoms with Crippen LogP contribution in [0.1, 0.15) is 44.3 Å². The molecular formula is C14H19FO3. The van der Waals surface area contributed by atoms with Crippen LogP contribution in [0.2, 0.25) is 0 Å². The van der Waals surface area contributed by atoms with E-state index in [2.05, 4.69) is 0 Å². The lowest BCUT2D eigenvalue weighted by Crippen LogP contribution is -2.08. The largest absolute Gasteiger partial charge is 0.466 e. The van der Waals surface area contributed by atoms with Crippen molar-refractivity contribution in [3.63, 3.8) is 0 Å². The summed E-state index contributed by atoms with van der Waals surface area (Å²) >= 11 is 0. The highest BCUT2D eigenvalue weighted by Crippen LogP contribution is 2.19. The normalized spacial score (nSPS) is 12.2. The lowest BCUT2D eigenvalue weighted by Gasteiger charge is -2.10. The van der Waals surface area contributed by atoms with Gasteiger partial charge >= 0.3 is 5.97 Å². The van der Waals surface area contributed by atoms with Gasteiger partial charge in [0, 0.05) is 6.42 Å². The molecule has 0 aliphatic heterocycles. The summed E-state index contributed by atoms with van der Waals surface area (Å²) in [7, 11) is 0. The summed E-state index contributed by atoms with van der Waals surface area (Å²) in [6, 6.07) is 5.76. The molecule has 18 heavy (non-hydrogen) atoms. The molecule has 1 aromatic carbocycles. The van der Waals surface area contributed by atoms with Crippen molar-refractivity contribution in [2.24, 2.45) is 0 Å². The Morgan fingerprint density at radius 2 is 2.28 bits per heavy atom. The minimum absolute atomic E-state index is 0.140. The molecular weight excluding hydrogens is 235 g/mol. The first-order valence-electron chi connectivity index (χ1n) is 6.22. The Kier molecular flexibility index (Phi) is 6.36. The molecule has 0 aliphatic carbocycles. The molecule has 3 nitrogen and oxygen atoms in total. The molecule has 1 unspecified atom stereocenters. The van der Waals surface area contributed by atoms with E-state index in [-0.39, 0.29) is 18.8 Å². The summed E-state index contributed by atoms with van der Waals surface area (Å²) in [5.41, 5.74) is 0.483. The quantitative estimate of drug-likeness (QED) is 0.601. The third-order valence-corrected chi connectivity index (χ3v) is 2.62. The second-order valence-corrected chi connectivity index (χ2v) is 4.18. The highest BCUT2D eigenvalue weighted by Gasteiger charge is 2.11. The van der Waals surface area contributed by atoms with Gasteiger partial charge in [0.05, 0.1) is 12.7 Å². The minimum atomic E-state index is -0.834. The van der Waals surface area contributed by atoms with E-state index in [1.807, 2.05) is 6.92 Å². The van der Waals surface area contributed by atoms with Crippen LogP contribution < -0.4 is 0 Å². The first-order chi connectivity index (χ1) is 8.63. The summed E-state index contributed by atoms with van der Waals surface area (Å²) in [6.07, 6.45) is 1.37. The van der Waals surface area contributed by atoms with Gasteiger partial charge in [-0.05, 0) is 30.5 Å². The third-order valence-electron chi connectivity index (χ3n) is 2.62. The second-order valence-electron chi connectivity index (χ2n) is 4.18. The molecule has 0 spiro atoms. The fraction of sp³-hybridized carbons (Fsp3) is 0.500. The Morgan fingerprint density at radius 1 is 1.50 bits per heavy atom.